The molecule has 2 amide bonds. The van der Waals surface area contributed by atoms with Crippen molar-refractivity contribution in [3.63, 3.8) is 0 Å². The number of nitrogens with two attached hydrogens (primary N) is 1. The lowest BCUT2D eigenvalue weighted by Crippen LogP contribution is -2.47. The van der Waals surface area contributed by atoms with Crippen molar-refractivity contribution in [1.82, 2.24) is 5.32 Å². The summed E-state index contributed by atoms with van der Waals surface area (Å²) in [6, 6.07) is 5.49. The predicted octanol–water partition coefficient (Wildman–Crippen LogP) is -0.321. The number of benzene rings is 1. The molecule has 0 bridgehead atoms. The van der Waals surface area contributed by atoms with Gasteiger partial charge in [-0.05, 0) is 32.1 Å². The van der Waals surface area contributed by atoms with Gasteiger partial charge >= 0.3 is 0 Å². The zero-order valence-electron chi connectivity index (χ0n) is 14.5. The number of hydrogen-bond acceptors (Lipinski definition) is 6. The van der Waals surface area contributed by atoms with Gasteiger partial charge in [0.25, 0.3) is 0 Å². The first kappa shape index (κ1) is 19.6. The molecule has 0 spiro atoms. The van der Waals surface area contributed by atoms with Crippen molar-refractivity contribution in [2.75, 3.05) is 0 Å². The van der Waals surface area contributed by atoms with Crippen molar-refractivity contribution in [3.05, 3.63) is 41.5 Å². The maximum absolute atomic E-state index is 12.2. The Balaban J connectivity index is 2.20. The number of ketones is 1. The third-order valence-electron chi connectivity index (χ3n) is 4.10. The summed E-state index contributed by atoms with van der Waals surface area (Å²) in [4.78, 5) is 34.8. The van der Waals surface area contributed by atoms with E-state index in [4.69, 9.17) is 10.5 Å². The molecule has 1 aliphatic rings. The van der Waals surface area contributed by atoms with Gasteiger partial charge in [-0.2, -0.15) is 0 Å². The highest BCUT2D eigenvalue weighted by Crippen LogP contribution is 2.25. The van der Waals surface area contributed by atoms with Crippen LogP contribution in [0.3, 0.4) is 0 Å². The Morgan fingerprint density at radius 2 is 2.00 bits per heavy atom. The molecule has 5 N–H and O–H groups in total. The molecule has 4 atom stereocenters. The fourth-order valence-electron chi connectivity index (χ4n) is 2.51. The highest BCUT2D eigenvalue weighted by molar-refractivity contribution is 5.97. The van der Waals surface area contributed by atoms with Crippen LogP contribution in [0.5, 0.6) is 5.75 Å². The topological polar surface area (TPSA) is 139 Å². The van der Waals surface area contributed by atoms with E-state index in [1.165, 1.54) is 26.0 Å². The van der Waals surface area contributed by atoms with E-state index >= 15 is 0 Å². The van der Waals surface area contributed by atoms with Crippen LogP contribution in [0.15, 0.2) is 35.9 Å². The predicted molar refractivity (Wildman–Crippen MR) is 92.4 cm³/mol. The maximum Gasteiger partial charge on any atom is 0.247 e. The number of hydrogen-bond donors (Lipinski definition) is 4. The monoisotopic (exact) mass is 362 g/mol. The Morgan fingerprint density at radius 3 is 2.62 bits per heavy atom. The van der Waals surface area contributed by atoms with E-state index in [0.29, 0.717) is 11.3 Å². The molecule has 26 heavy (non-hydrogen) atoms. The summed E-state index contributed by atoms with van der Waals surface area (Å²) in [6.07, 6.45) is -2.16. The largest absolute Gasteiger partial charge is 0.483 e. The minimum Gasteiger partial charge on any atom is -0.483 e. The molecule has 8 heteroatoms. The fraction of sp³-hybridized carbons (Fsp3) is 0.389. The average Bonchev–Trinajstić information content (AvgIpc) is 2.58. The van der Waals surface area contributed by atoms with Gasteiger partial charge < -0.3 is 26.0 Å². The van der Waals surface area contributed by atoms with E-state index < -0.39 is 36.2 Å². The molecule has 0 fully saturated rings. The van der Waals surface area contributed by atoms with Crippen molar-refractivity contribution in [3.8, 4) is 5.75 Å². The minimum atomic E-state index is -1.25. The molecule has 0 unspecified atom stereocenters. The number of amides is 2. The SMILES string of the molecule is CC(=O)c1cccc(O[C@@H]2C=C(C(=O)N[C@H](C)C(N)=O)C[C@@H](O)[C@H]2O)c1. The lowest BCUT2D eigenvalue weighted by molar-refractivity contribution is -0.125. The Morgan fingerprint density at radius 1 is 1.31 bits per heavy atom. The maximum atomic E-state index is 12.2. The minimum absolute atomic E-state index is 0.0914. The standard InChI is InChI=1S/C18H22N2O6/c1-9(17(19)24)20-18(25)12-7-14(22)16(23)15(8-12)26-13-5-3-4-11(6-13)10(2)21/h3-6,8-9,14-16,22-23H,7H2,1-2H3,(H2,19,24)(H,20,25)/t9-,14-,15-,16-/m1/s1. The second-order valence-corrected chi connectivity index (χ2v) is 6.22. The van der Waals surface area contributed by atoms with Crippen LogP contribution in [0.2, 0.25) is 0 Å². The summed E-state index contributed by atoms with van der Waals surface area (Å²) < 4.78 is 5.65. The molecule has 1 aliphatic carbocycles. The highest BCUT2D eigenvalue weighted by atomic mass is 16.5. The summed E-state index contributed by atoms with van der Waals surface area (Å²) in [5.74, 6) is -1.09. The normalized spacial score (nSPS) is 23.5. The average molecular weight is 362 g/mol. The van der Waals surface area contributed by atoms with Gasteiger partial charge in [-0.15, -0.1) is 0 Å². The second-order valence-electron chi connectivity index (χ2n) is 6.22. The van der Waals surface area contributed by atoms with Gasteiger partial charge in [0.05, 0.1) is 6.10 Å². The van der Waals surface area contributed by atoms with Gasteiger partial charge in [0.1, 0.15) is 24.0 Å². The van der Waals surface area contributed by atoms with E-state index in [9.17, 15) is 24.6 Å². The summed E-state index contributed by atoms with van der Waals surface area (Å²) in [6.45, 7) is 2.86. The summed E-state index contributed by atoms with van der Waals surface area (Å²) in [7, 11) is 0. The van der Waals surface area contributed by atoms with E-state index in [0.717, 1.165) is 0 Å². The van der Waals surface area contributed by atoms with Crippen LogP contribution in [0.25, 0.3) is 0 Å². The lowest BCUT2D eigenvalue weighted by atomic mass is 9.91. The number of aliphatic hydroxyl groups excluding tert-OH is 2. The zero-order valence-corrected chi connectivity index (χ0v) is 14.5. The number of primary amides is 1. The van der Waals surface area contributed by atoms with Crippen molar-refractivity contribution in [1.29, 1.82) is 0 Å². The molecule has 0 aliphatic heterocycles. The molecule has 0 aromatic heterocycles. The van der Waals surface area contributed by atoms with E-state index in [1.54, 1.807) is 18.2 Å². The van der Waals surface area contributed by atoms with Gasteiger partial charge in [0.2, 0.25) is 11.8 Å². The molecular formula is C18H22N2O6. The summed E-state index contributed by atoms with van der Waals surface area (Å²) >= 11 is 0. The molecule has 2 rings (SSSR count). The third kappa shape index (κ3) is 4.68. The van der Waals surface area contributed by atoms with Crippen molar-refractivity contribution < 1.29 is 29.3 Å². The number of rotatable bonds is 6. The van der Waals surface area contributed by atoms with Gasteiger partial charge in [-0.1, -0.05) is 12.1 Å². The zero-order chi connectivity index (χ0) is 19.4. The highest BCUT2D eigenvalue weighted by Gasteiger charge is 2.34. The molecule has 140 valence electrons. The molecule has 1 aromatic carbocycles. The quantitative estimate of drug-likeness (QED) is 0.512. The number of Topliss-reactive ketones (excluding diaryl/α,β-unsaturated/α-hetero) is 1. The van der Waals surface area contributed by atoms with Crippen LogP contribution in [-0.4, -0.2) is 52.2 Å². The first-order valence-corrected chi connectivity index (χ1v) is 8.13. The number of aliphatic hydroxyl groups is 2. The number of carbonyl (C=O) groups is 3. The summed E-state index contributed by atoms with van der Waals surface area (Å²) in [5, 5.41) is 22.6. The molecule has 0 radical (unpaired) electrons. The van der Waals surface area contributed by atoms with Crippen molar-refractivity contribution in [2.24, 2.45) is 5.73 Å². The Kier molecular flexibility index (Phi) is 6.12. The lowest BCUT2D eigenvalue weighted by Gasteiger charge is -2.31. The first-order valence-electron chi connectivity index (χ1n) is 8.13. The summed E-state index contributed by atoms with van der Waals surface area (Å²) in [5.41, 5.74) is 5.72. The van der Waals surface area contributed by atoms with Gasteiger partial charge in [0, 0.05) is 17.6 Å². The van der Waals surface area contributed by atoms with Crippen LogP contribution < -0.4 is 15.8 Å². The fourth-order valence-corrected chi connectivity index (χ4v) is 2.51. The molecule has 0 saturated heterocycles. The first-order chi connectivity index (χ1) is 12.2. The molecule has 1 aromatic rings. The third-order valence-corrected chi connectivity index (χ3v) is 4.10. The van der Waals surface area contributed by atoms with Gasteiger partial charge in [-0.25, -0.2) is 0 Å². The van der Waals surface area contributed by atoms with Crippen molar-refractivity contribution >= 4 is 17.6 Å². The Bertz CT molecular complexity index is 745. The van der Waals surface area contributed by atoms with Crippen LogP contribution >= 0.6 is 0 Å². The van der Waals surface area contributed by atoms with Crippen LogP contribution in [-0.2, 0) is 9.59 Å². The van der Waals surface area contributed by atoms with E-state index in [-0.39, 0.29) is 17.8 Å². The molecule has 0 saturated carbocycles. The van der Waals surface area contributed by atoms with E-state index in [2.05, 4.69) is 5.32 Å². The smallest absolute Gasteiger partial charge is 0.247 e. The van der Waals surface area contributed by atoms with E-state index in [1.807, 2.05) is 0 Å². The van der Waals surface area contributed by atoms with Gasteiger partial charge in [-0.3, -0.25) is 14.4 Å². The molecule has 8 nitrogen and oxygen atoms in total. The number of nitrogens with one attached hydrogen (secondary N) is 1. The number of ether oxygens (including phenoxy) is 1. The number of carbonyl (C=O) groups excluding carboxylic acids is 3. The van der Waals surface area contributed by atoms with Crippen molar-refractivity contribution in [2.45, 2.75) is 44.6 Å². The Labute approximate surface area is 150 Å². The Hall–Kier alpha value is -2.71. The molecule has 0 heterocycles. The van der Waals surface area contributed by atoms with Crippen LogP contribution in [0.4, 0.5) is 0 Å². The van der Waals surface area contributed by atoms with Crippen LogP contribution in [0, 0.1) is 0 Å². The second kappa shape index (κ2) is 8.11. The van der Waals surface area contributed by atoms with Gasteiger partial charge in [0.15, 0.2) is 5.78 Å². The van der Waals surface area contributed by atoms with Crippen LogP contribution in [0.1, 0.15) is 30.6 Å². The molecular weight excluding hydrogens is 340 g/mol.